The van der Waals surface area contributed by atoms with Crippen LogP contribution in [-0.4, -0.2) is 20.0 Å². The molecule has 2 N–H and O–H groups in total. The molecule has 2 heterocycles. The summed E-state index contributed by atoms with van der Waals surface area (Å²) < 4.78 is 2.68. The largest absolute Gasteiger partial charge is 0.344 e. The second-order valence-corrected chi connectivity index (χ2v) is 7.53. The number of aromatic nitrogens is 3. The number of nitrogens with zero attached hydrogens (tertiary/aromatic N) is 2. The Morgan fingerprint density at radius 3 is 2.60 bits per heavy atom. The fourth-order valence-corrected chi connectivity index (χ4v) is 3.58. The molecule has 0 aliphatic rings. The van der Waals surface area contributed by atoms with Crippen molar-refractivity contribution in [2.45, 2.75) is 13.5 Å². The molecule has 152 valence electrons. The molecule has 0 aliphatic carbocycles. The zero-order valence-corrected chi connectivity index (χ0v) is 17.2. The van der Waals surface area contributed by atoms with Crippen molar-refractivity contribution in [3.8, 4) is 0 Å². The van der Waals surface area contributed by atoms with Crippen LogP contribution in [0.4, 0.5) is 5.69 Å². The summed E-state index contributed by atoms with van der Waals surface area (Å²) in [6.07, 6.45) is 1.53. The summed E-state index contributed by atoms with van der Waals surface area (Å²) in [6, 6.07) is 14.4. The fraction of sp³-hybridized carbons (Fsp3) is 0.136. The van der Waals surface area contributed by atoms with Crippen LogP contribution in [0.1, 0.15) is 21.5 Å². The Labute approximate surface area is 176 Å². The van der Waals surface area contributed by atoms with Gasteiger partial charge in [0.25, 0.3) is 11.5 Å². The summed E-state index contributed by atoms with van der Waals surface area (Å²) >= 11 is 6.02. The van der Waals surface area contributed by atoms with Gasteiger partial charge < -0.3 is 14.9 Å². The fourth-order valence-electron chi connectivity index (χ4n) is 3.41. The minimum atomic E-state index is -0.574. The van der Waals surface area contributed by atoms with Crippen LogP contribution in [0, 0.1) is 6.92 Å². The van der Waals surface area contributed by atoms with Gasteiger partial charge in [0, 0.05) is 24.0 Å². The maximum Gasteiger partial charge on any atom is 0.329 e. The number of fused-ring (bicyclic) bond motifs is 1. The first-order chi connectivity index (χ1) is 14.3. The number of benzene rings is 2. The zero-order valence-electron chi connectivity index (χ0n) is 16.4. The smallest absolute Gasteiger partial charge is 0.329 e. The lowest BCUT2D eigenvalue weighted by atomic mass is 10.2. The maximum atomic E-state index is 13.0. The molecule has 4 rings (SSSR count). The Morgan fingerprint density at radius 2 is 1.87 bits per heavy atom. The molecule has 0 saturated heterocycles. The molecule has 0 unspecified atom stereocenters. The number of aryl methyl sites for hydroxylation is 2. The molecule has 30 heavy (non-hydrogen) atoms. The Morgan fingerprint density at radius 1 is 1.13 bits per heavy atom. The third kappa shape index (κ3) is 3.55. The number of nitrogens with one attached hydrogen (secondary N) is 2. The summed E-state index contributed by atoms with van der Waals surface area (Å²) in [6.45, 7) is 1.98. The standard InChI is InChI=1S/C22H19ClN4O3/c1-13-8-9-15(23)10-17(13)24-20(28)16-12-26(2)19-18(16)25-22(30)27(21(19)29)11-14-6-4-3-5-7-14/h3-10,12H,11H2,1-2H3,(H,24,28)(H,25,30). The molecule has 0 saturated carbocycles. The molecular formula is C22H19ClN4O3. The van der Waals surface area contributed by atoms with Gasteiger partial charge in [0.15, 0.2) is 0 Å². The first kappa shape index (κ1) is 19.7. The van der Waals surface area contributed by atoms with E-state index in [-0.39, 0.29) is 23.1 Å². The van der Waals surface area contributed by atoms with E-state index < -0.39 is 17.2 Å². The molecule has 0 atom stereocenters. The number of anilines is 1. The molecule has 1 amide bonds. The van der Waals surface area contributed by atoms with E-state index >= 15 is 0 Å². The monoisotopic (exact) mass is 422 g/mol. The van der Waals surface area contributed by atoms with Gasteiger partial charge in [-0.05, 0) is 30.2 Å². The Kier molecular flexibility index (Phi) is 5.05. The second-order valence-electron chi connectivity index (χ2n) is 7.10. The molecule has 2 aromatic heterocycles. The van der Waals surface area contributed by atoms with E-state index in [0.717, 1.165) is 15.7 Å². The van der Waals surface area contributed by atoms with E-state index in [9.17, 15) is 14.4 Å². The van der Waals surface area contributed by atoms with Crippen molar-refractivity contribution in [2.75, 3.05) is 5.32 Å². The lowest BCUT2D eigenvalue weighted by Crippen LogP contribution is -2.36. The first-order valence-corrected chi connectivity index (χ1v) is 9.66. The number of hydrogen-bond acceptors (Lipinski definition) is 3. The van der Waals surface area contributed by atoms with Crippen LogP contribution in [0.3, 0.4) is 0 Å². The van der Waals surface area contributed by atoms with Crippen LogP contribution in [0.15, 0.2) is 64.3 Å². The Balaban J connectivity index is 1.78. The van der Waals surface area contributed by atoms with Crippen molar-refractivity contribution in [1.29, 1.82) is 0 Å². The molecule has 4 aromatic rings. The highest BCUT2D eigenvalue weighted by Gasteiger charge is 2.20. The molecule has 0 spiro atoms. The summed E-state index contributed by atoms with van der Waals surface area (Å²) in [5, 5.41) is 3.29. The van der Waals surface area contributed by atoms with E-state index in [2.05, 4.69) is 10.3 Å². The maximum absolute atomic E-state index is 13.0. The zero-order chi connectivity index (χ0) is 21.4. The summed E-state index contributed by atoms with van der Waals surface area (Å²) in [7, 11) is 1.66. The predicted molar refractivity (Wildman–Crippen MR) is 117 cm³/mol. The number of aromatic amines is 1. The highest BCUT2D eigenvalue weighted by Crippen LogP contribution is 2.22. The topological polar surface area (TPSA) is 88.9 Å². The van der Waals surface area contributed by atoms with Gasteiger partial charge in [0.05, 0.1) is 17.6 Å². The number of carbonyl (C=O) groups is 1. The van der Waals surface area contributed by atoms with E-state index in [1.165, 1.54) is 6.20 Å². The van der Waals surface area contributed by atoms with E-state index in [1.807, 2.05) is 37.3 Å². The lowest BCUT2D eigenvalue weighted by molar-refractivity contribution is 0.102. The van der Waals surface area contributed by atoms with Crippen LogP contribution in [-0.2, 0) is 13.6 Å². The van der Waals surface area contributed by atoms with Crippen molar-refractivity contribution in [3.05, 3.63) is 97.3 Å². The molecule has 2 aromatic carbocycles. The molecule has 0 aliphatic heterocycles. The summed E-state index contributed by atoms with van der Waals surface area (Å²) in [4.78, 5) is 41.3. The van der Waals surface area contributed by atoms with Gasteiger partial charge in [-0.1, -0.05) is 48.0 Å². The predicted octanol–water partition coefficient (Wildman–Crippen LogP) is 3.29. The molecule has 0 fully saturated rings. The third-order valence-corrected chi connectivity index (χ3v) is 5.22. The van der Waals surface area contributed by atoms with Gasteiger partial charge in [-0.15, -0.1) is 0 Å². The van der Waals surface area contributed by atoms with E-state index in [0.29, 0.717) is 10.7 Å². The number of hydrogen-bond donors (Lipinski definition) is 2. The van der Waals surface area contributed by atoms with Crippen molar-refractivity contribution < 1.29 is 4.79 Å². The van der Waals surface area contributed by atoms with Crippen molar-refractivity contribution >= 4 is 34.2 Å². The molecular weight excluding hydrogens is 404 g/mol. The minimum Gasteiger partial charge on any atom is -0.344 e. The van der Waals surface area contributed by atoms with Crippen LogP contribution in [0.2, 0.25) is 5.02 Å². The van der Waals surface area contributed by atoms with Gasteiger partial charge >= 0.3 is 5.69 Å². The van der Waals surface area contributed by atoms with Crippen molar-refractivity contribution in [3.63, 3.8) is 0 Å². The van der Waals surface area contributed by atoms with E-state index in [1.54, 1.807) is 29.8 Å². The molecule has 7 nitrogen and oxygen atoms in total. The number of amides is 1. The number of halogens is 1. The lowest BCUT2D eigenvalue weighted by Gasteiger charge is -2.09. The van der Waals surface area contributed by atoms with Crippen LogP contribution in [0.25, 0.3) is 11.0 Å². The van der Waals surface area contributed by atoms with Gasteiger partial charge in [-0.2, -0.15) is 0 Å². The highest BCUT2D eigenvalue weighted by molar-refractivity contribution is 6.31. The van der Waals surface area contributed by atoms with Crippen LogP contribution in [0.5, 0.6) is 0 Å². The van der Waals surface area contributed by atoms with Crippen molar-refractivity contribution in [1.82, 2.24) is 14.1 Å². The summed E-state index contributed by atoms with van der Waals surface area (Å²) in [5.41, 5.74) is 1.85. The normalized spacial score (nSPS) is 11.0. The molecule has 0 radical (unpaired) electrons. The highest BCUT2D eigenvalue weighted by atomic mass is 35.5. The summed E-state index contributed by atoms with van der Waals surface area (Å²) in [5.74, 6) is -0.443. The third-order valence-electron chi connectivity index (χ3n) is 4.98. The van der Waals surface area contributed by atoms with Crippen LogP contribution < -0.4 is 16.6 Å². The number of H-pyrrole nitrogens is 1. The van der Waals surface area contributed by atoms with Gasteiger partial charge in [0.1, 0.15) is 5.52 Å². The van der Waals surface area contributed by atoms with Gasteiger partial charge in [-0.25, -0.2) is 4.79 Å². The first-order valence-electron chi connectivity index (χ1n) is 9.28. The number of carbonyl (C=O) groups excluding carboxylic acids is 1. The SMILES string of the molecule is Cc1ccc(Cl)cc1NC(=O)c1cn(C)c2c(=O)n(Cc3ccccc3)c(=O)[nH]c12. The Bertz CT molecular complexity index is 1380. The number of rotatable bonds is 4. The average Bonchev–Trinajstić information content (AvgIpc) is 3.05. The second kappa shape index (κ2) is 7.68. The van der Waals surface area contributed by atoms with Crippen molar-refractivity contribution in [2.24, 2.45) is 7.05 Å². The quantitative estimate of drug-likeness (QED) is 0.529. The Hall–Kier alpha value is -3.58. The minimum absolute atomic E-state index is 0.138. The van der Waals surface area contributed by atoms with E-state index in [4.69, 9.17) is 11.6 Å². The van der Waals surface area contributed by atoms with Gasteiger partial charge in [-0.3, -0.25) is 14.2 Å². The van der Waals surface area contributed by atoms with Gasteiger partial charge in [0.2, 0.25) is 0 Å². The molecule has 0 bridgehead atoms. The molecule has 8 heteroatoms. The average molecular weight is 423 g/mol. The van der Waals surface area contributed by atoms with Crippen LogP contribution >= 0.6 is 11.6 Å².